The van der Waals surface area contributed by atoms with Crippen LogP contribution in [0.4, 0.5) is 14.6 Å². The van der Waals surface area contributed by atoms with Crippen molar-refractivity contribution in [3.63, 3.8) is 0 Å². The number of anilines is 1. The highest BCUT2D eigenvalue weighted by atomic mass is 31.3. The zero-order chi connectivity index (χ0) is 25.9. The Hall–Kier alpha value is -1.29. The highest BCUT2D eigenvalue weighted by Gasteiger charge is 2.66. The van der Waals surface area contributed by atoms with Gasteiger partial charge in [0.1, 0.15) is 35.6 Å². The first-order valence-corrected chi connectivity index (χ1v) is 13.0. The van der Waals surface area contributed by atoms with E-state index in [1.165, 1.54) is 23.8 Å². The van der Waals surface area contributed by atoms with Gasteiger partial charge in [-0.15, -0.1) is 0 Å². The van der Waals surface area contributed by atoms with Gasteiger partial charge in [-0.1, -0.05) is 0 Å². The second-order valence-corrected chi connectivity index (χ2v) is 12.1. The van der Waals surface area contributed by atoms with Gasteiger partial charge in [0.05, 0.1) is 19.6 Å². The molecule has 1 aliphatic rings. The third-order valence-corrected chi connectivity index (χ3v) is 9.46. The number of aromatic nitrogens is 3. The third-order valence-electron chi connectivity index (χ3n) is 4.76. The number of fused-ring (bicyclic) bond motifs is 1. The first-order chi connectivity index (χ1) is 15.3. The lowest BCUT2D eigenvalue weighted by Gasteiger charge is -2.29. The summed E-state index contributed by atoms with van der Waals surface area (Å²) in [6, 6.07) is 1.53. The molecular weight excluding hydrogens is 530 g/mol. The van der Waals surface area contributed by atoms with Crippen LogP contribution in [0.2, 0.25) is 0 Å². The second-order valence-electron chi connectivity index (χ2n) is 7.09. The Bertz CT molecular complexity index is 1240. The van der Waals surface area contributed by atoms with E-state index >= 15 is 0 Å². The summed E-state index contributed by atoms with van der Waals surface area (Å²) in [4.78, 5) is 34.5. The Balaban J connectivity index is 1.78. The normalized spacial score (nSPS) is 29.7. The summed E-state index contributed by atoms with van der Waals surface area (Å²) < 4.78 is 78.2. The summed E-state index contributed by atoms with van der Waals surface area (Å²) in [5.74, 6) is 0.139. The van der Waals surface area contributed by atoms with Crippen molar-refractivity contribution in [3.05, 3.63) is 18.6 Å². The molecule has 3 rings (SSSR count). The molecular formula is C13H21BF2N4O11P3-. The molecule has 34 heavy (non-hydrogen) atoms. The molecule has 3 heterocycles. The topological polar surface area (TPSA) is 237 Å². The average molecular weight is 551 g/mol. The monoisotopic (exact) mass is 551 g/mol. The van der Waals surface area contributed by atoms with Crippen LogP contribution in [0.3, 0.4) is 0 Å². The molecule has 1 fully saturated rings. The SMILES string of the molecule is [BH3-]P(=O)(OC[C@H]1O[C@@H](n2ccc3c(N)ncnc32)C(C)(O)[C@H]1O)OP(=O)(O)C(F)(F)P(=O)(O)O. The van der Waals surface area contributed by atoms with Gasteiger partial charge in [0.2, 0.25) is 0 Å². The maximum atomic E-state index is 13.6. The lowest BCUT2D eigenvalue weighted by atomic mass is 9.96. The van der Waals surface area contributed by atoms with Crippen LogP contribution in [0.5, 0.6) is 0 Å². The fourth-order valence-electron chi connectivity index (χ4n) is 3.02. The minimum atomic E-state index is -6.44. The molecule has 3 unspecified atom stereocenters. The molecule has 0 bridgehead atoms. The fourth-order valence-corrected chi connectivity index (χ4v) is 6.24. The highest BCUT2D eigenvalue weighted by Crippen LogP contribution is 2.77. The van der Waals surface area contributed by atoms with Crippen LogP contribution >= 0.6 is 22.7 Å². The number of rotatable bonds is 8. The molecule has 2 aromatic rings. The fraction of sp³-hybridized carbons (Fsp3) is 0.538. The van der Waals surface area contributed by atoms with Crippen LogP contribution in [0, 0.1) is 0 Å². The molecule has 192 valence electrons. The standard InChI is InChI=1S/C13H21BF2N4O11P3/c1-12(22)8(21)7(30-11(12)20-3-2-6-9(17)18-5-19-10(6)20)4-29-34(14,28)31-33(26,27)13(15,16)32(23,24)25/h2-3,5,7-8,11,21-22H,4H2,1,14H3,(H,26,27)(H2,17,18,19)(H2,23,24,25)/q-1/t7-,8+,11-,12?,34?/m1/s1. The lowest BCUT2D eigenvalue weighted by molar-refractivity contribution is -0.0945. The number of alkyl halides is 2. The van der Waals surface area contributed by atoms with Crippen molar-refractivity contribution >= 4 is 47.1 Å². The quantitative estimate of drug-likeness (QED) is 0.178. The van der Waals surface area contributed by atoms with Crippen molar-refractivity contribution in [2.45, 2.75) is 36.4 Å². The van der Waals surface area contributed by atoms with E-state index in [0.29, 0.717) is 5.39 Å². The number of hydrogen-bond donors (Lipinski definition) is 6. The third kappa shape index (κ3) is 4.73. The van der Waals surface area contributed by atoms with E-state index < -0.39 is 66.3 Å². The molecule has 7 N–H and O–H groups in total. The molecule has 15 nitrogen and oxygen atoms in total. The van der Waals surface area contributed by atoms with Crippen LogP contribution in [0.25, 0.3) is 11.0 Å². The Morgan fingerprint density at radius 3 is 2.53 bits per heavy atom. The molecule has 0 amide bonds. The van der Waals surface area contributed by atoms with Gasteiger partial charge in [0.15, 0.2) is 13.7 Å². The van der Waals surface area contributed by atoms with Crippen molar-refractivity contribution < 1.29 is 60.9 Å². The molecule has 21 heteroatoms. The molecule has 0 radical (unpaired) electrons. The van der Waals surface area contributed by atoms with Gasteiger partial charge in [-0.2, -0.15) is 8.78 Å². The summed E-state index contributed by atoms with van der Waals surface area (Å²) >= 11 is 0. The second kappa shape index (κ2) is 8.68. The van der Waals surface area contributed by atoms with Crippen LogP contribution in [0.15, 0.2) is 18.6 Å². The largest absolute Gasteiger partial charge is 0.444 e. The van der Waals surface area contributed by atoms with E-state index in [4.69, 9.17) is 24.8 Å². The van der Waals surface area contributed by atoms with E-state index in [1.807, 2.05) is 0 Å². The first kappa shape index (κ1) is 27.3. The Morgan fingerprint density at radius 1 is 1.32 bits per heavy atom. The first-order valence-electron chi connectivity index (χ1n) is 8.70. The van der Waals surface area contributed by atoms with Crippen molar-refractivity contribution in [1.29, 1.82) is 0 Å². The van der Waals surface area contributed by atoms with Gasteiger partial charge >= 0.3 is 20.6 Å². The summed E-state index contributed by atoms with van der Waals surface area (Å²) in [5.41, 5.74) is 4.04. The van der Waals surface area contributed by atoms with Gasteiger partial charge < -0.3 is 49.0 Å². The number of nitrogen functional groups attached to an aromatic ring is 1. The van der Waals surface area contributed by atoms with Crippen molar-refractivity contribution in [2.24, 2.45) is 0 Å². The van der Waals surface area contributed by atoms with Crippen molar-refractivity contribution in [2.75, 3.05) is 12.3 Å². The molecule has 0 saturated carbocycles. The van der Waals surface area contributed by atoms with E-state index in [-0.39, 0.29) is 11.5 Å². The number of nitrogens with zero attached hydrogens (tertiary/aromatic N) is 3. The Morgan fingerprint density at radius 2 is 1.94 bits per heavy atom. The van der Waals surface area contributed by atoms with E-state index in [0.717, 1.165) is 6.33 Å². The molecule has 1 saturated heterocycles. The number of nitrogens with two attached hydrogens (primary N) is 1. The Kier molecular flexibility index (Phi) is 6.97. The lowest BCUT2D eigenvalue weighted by Crippen LogP contribution is -2.44. The number of halogens is 2. The molecule has 1 aliphatic heterocycles. The van der Waals surface area contributed by atoms with E-state index in [9.17, 15) is 37.6 Å². The number of aliphatic hydroxyl groups excluding tert-OH is 1. The van der Waals surface area contributed by atoms with Crippen LogP contribution in [-0.4, -0.2) is 76.8 Å². The van der Waals surface area contributed by atoms with Crippen LogP contribution < -0.4 is 5.73 Å². The highest BCUT2D eigenvalue weighted by molar-refractivity contribution is 7.86. The summed E-state index contributed by atoms with van der Waals surface area (Å²) in [5, 5.41) is 16.2. The van der Waals surface area contributed by atoms with Crippen LogP contribution in [-0.2, 0) is 27.3 Å². The van der Waals surface area contributed by atoms with Crippen molar-refractivity contribution in [3.8, 4) is 0 Å². The van der Waals surface area contributed by atoms with Gasteiger partial charge in [0.25, 0.3) is 0 Å². The minimum absolute atomic E-state index is 0.139. The van der Waals surface area contributed by atoms with Gasteiger partial charge in [-0.25, -0.2) is 9.97 Å². The minimum Gasteiger partial charge on any atom is -0.387 e. The van der Waals surface area contributed by atoms with Crippen molar-refractivity contribution in [1.82, 2.24) is 14.5 Å². The zero-order valence-corrected chi connectivity index (χ0v) is 19.1. The summed E-state index contributed by atoms with van der Waals surface area (Å²) in [6.45, 7) is 0.372. The maximum Gasteiger partial charge on any atom is 0.444 e. The predicted octanol–water partition coefficient (Wildman–Crippen LogP) is -0.557. The van der Waals surface area contributed by atoms with E-state index in [2.05, 4.69) is 14.3 Å². The number of ether oxygens (including phenoxy) is 1. The predicted molar refractivity (Wildman–Crippen MR) is 114 cm³/mol. The van der Waals surface area contributed by atoms with Gasteiger partial charge in [0, 0.05) is 6.20 Å². The average Bonchev–Trinajstić information content (AvgIpc) is 3.19. The Labute approximate surface area is 190 Å². The molecule has 0 spiro atoms. The van der Waals surface area contributed by atoms with E-state index in [1.54, 1.807) is 0 Å². The van der Waals surface area contributed by atoms with Gasteiger partial charge in [-0.3, -0.25) is 13.4 Å². The zero-order valence-electron chi connectivity index (χ0n) is 16.4. The number of aliphatic hydroxyl groups is 2. The maximum absolute atomic E-state index is 13.6. The van der Waals surface area contributed by atoms with Crippen LogP contribution in [0.1, 0.15) is 13.2 Å². The molecule has 0 aromatic carbocycles. The van der Waals surface area contributed by atoms with Gasteiger partial charge in [-0.05, 0) is 13.0 Å². The molecule has 2 aromatic heterocycles. The smallest absolute Gasteiger partial charge is 0.387 e. The molecule has 6 atom stereocenters. The molecule has 0 aliphatic carbocycles. The number of hydrogen-bond acceptors (Lipinski definition) is 11. The summed E-state index contributed by atoms with van der Waals surface area (Å²) in [6.07, 6.45) is -1.79. The summed E-state index contributed by atoms with van der Waals surface area (Å²) in [7, 11) is -19.3.